The molecular weight excluding hydrogens is 346 g/mol. The van der Waals surface area contributed by atoms with Crippen molar-refractivity contribution in [2.75, 3.05) is 20.3 Å². The maximum Gasteiger partial charge on any atom is 0.288 e. The molecule has 2 aromatic rings. The lowest BCUT2D eigenvalue weighted by molar-refractivity contribution is -0.384. The molecule has 0 aliphatic heterocycles. The average Bonchev–Trinajstić information content (AvgIpc) is 2.61. The van der Waals surface area contributed by atoms with Gasteiger partial charge in [0, 0.05) is 18.7 Å². The number of allylic oxidation sites excluding steroid dienone is 1. The number of nitro benzene ring substituents is 1. The third-order valence-corrected chi connectivity index (χ3v) is 3.61. The summed E-state index contributed by atoms with van der Waals surface area (Å²) in [7, 11) is 1.59. The number of carbonyl (C=O) groups excluding carboxylic acids is 1. The molecule has 0 aliphatic carbocycles. The highest BCUT2D eigenvalue weighted by Gasteiger charge is 2.11. The summed E-state index contributed by atoms with van der Waals surface area (Å²) in [5, 5.41) is 10.9. The summed E-state index contributed by atoms with van der Waals surface area (Å²) >= 11 is 5.76. The van der Waals surface area contributed by atoms with Gasteiger partial charge in [0.25, 0.3) is 5.69 Å². The molecule has 0 aromatic heterocycles. The van der Waals surface area contributed by atoms with Crippen LogP contribution in [0.3, 0.4) is 0 Å². The van der Waals surface area contributed by atoms with E-state index in [9.17, 15) is 14.9 Å². The van der Waals surface area contributed by atoms with Crippen molar-refractivity contribution in [3.63, 3.8) is 0 Å². The number of hydrogen-bond acceptors (Lipinski definition) is 5. The fourth-order valence-corrected chi connectivity index (χ4v) is 2.19. The summed E-state index contributed by atoms with van der Waals surface area (Å²) in [4.78, 5) is 22.5. The standard InChI is InChI=1S/C18H16ClNO5/c1-24-10-11-25-15-6-4-14(5-7-15)18(21)9-3-13-2-8-16(19)17(12-13)20(22)23/h2-9,12H,10-11H2,1H3/b9-3-. The normalized spacial score (nSPS) is 10.8. The van der Waals surface area contributed by atoms with Crippen molar-refractivity contribution >= 4 is 29.1 Å². The number of ketones is 1. The van der Waals surface area contributed by atoms with Crippen molar-refractivity contribution in [3.8, 4) is 5.75 Å². The molecule has 0 saturated heterocycles. The van der Waals surface area contributed by atoms with E-state index >= 15 is 0 Å². The van der Waals surface area contributed by atoms with Gasteiger partial charge in [-0.2, -0.15) is 0 Å². The average molecular weight is 362 g/mol. The van der Waals surface area contributed by atoms with Crippen LogP contribution in [-0.4, -0.2) is 31.0 Å². The first-order valence-corrected chi connectivity index (χ1v) is 7.77. The first-order chi connectivity index (χ1) is 12.0. The number of nitrogens with zero attached hydrogens (tertiary/aromatic N) is 1. The molecule has 7 heteroatoms. The van der Waals surface area contributed by atoms with E-state index in [2.05, 4.69) is 0 Å². The highest BCUT2D eigenvalue weighted by molar-refractivity contribution is 6.32. The maximum atomic E-state index is 12.2. The van der Waals surface area contributed by atoms with E-state index in [1.165, 1.54) is 24.3 Å². The molecule has 25 heavy (non-hydrogen) atoms. The van der Waals surface area contributed by atoms with Crippen molar-refractivity contribution in [1.29, 1.82) is 0 Å². The van der Waals surface area contributed by atoms with Gasteiger partial charge >= 0.3 is 0 Å². The van der Waals surface area contributed by atoms with Gasteiger partial charge in [-0.25, -0.2) is 0 Å². The van der Waals surface area contributed by atoms with Crippen LogP contribution < -0.4 is 4.74 Å². The Balaban J connectivity index is 2.05. The highest BCUT2D eigenvalue weighted by atomic mass is 35.5. The summed E-state index contributed by atoms with van der Waals surface area (Å²) in [6.07, 6.45) is 2.86. The minimum absolute atomic E-state index is 0.0533. The molecule has 0 unspecified atom stereocenters. The molecule has 0 spiro atoms. The summed E-state index contributed by atoms with van der Waals surface area (Å²) < 4.78 is 10.3. The van der Waals surface area contributed by atoms with E-state index in [0.29, 0.717) is 30.1 Å². The van der Waals surface area contributed by atoms with Crippen molar-refractivity contribution in [1.82, 2.24) is 0 Å². The van der Waals surface area contributed by atoms with E-state index in [-0.39, 0.29) is 16.5 Å². The second-order valence-corrected chi connectivity index (χ2v) is 5.44. The second kappa shape index (κ2) is 8.96. The topological polar surface area (TPSA) is 78.7 Å². The molecule has 0 aliphatic rings. The van der Waals surface area contributed by atoms with Crippen LogP contribution in [0, 0.1) is 10.1 Å². The summed E-state index contributed by atoms with van der Waals surface area (Å²) in [5.41, 5.74) is 0.802. The van der Waals surface area contributed by atoms with Gasteiger partial charge in [-0.1, -0.05) is 23.7 Å². The third-order valence-electron chi connectivity index (χ3n) is 3.29. The number of rotatable bonds is 8. The van der Waals surface area contributed by atoms with Crippen LogP contribution in [0.15, 0.2) is 48.5 Å². The molecule has 0 heterocycles. The molecule has 0 fully saturated rings. The number of hydrogen-bond donors (Lipinski definition) is 0. The quantitative estimate of drug-likeness (QED) is 0.232. The van der Waals surface area contributed by atoms with Gasteiger partial charge in [0.1, 0.15) is 17.4 Å². The van der Waals surface area contributed by atoms with Crippen LogP contribution in [0.2, 0.25) is 5.02 Å². The Morgan fingerprint density at radius 1 is 1.20 bits per heavy atom. The van der Waals surface area contributed by atoms with Crippen molar-refractivity contribution in [3.05, 3.63) is 74.8 Å². The third kappa shape index (κ3) is 5.41. The SMILES string of the molecule is COCCOc1ccc(C(=O)/C=C\c2ccc(Cl)c([N+](=O)[O-])c2)cc1. The zero-order chi connectivity index (χ0) is 18.2. The molecule has 0 radical (unpaired) electrons. The van der Waals surface area contributed by atoms with Crippen LogP contribution in [0.4, 0.5) is 5.69 Å². The van der Waals surface area contributed by atoms with Gasteiger partial charge in [-0.05, 0) is 42.0 Å². The van der Waals surface area contributed by atoms with Crippen molar-refractivity contribution in [2.45, 2.75) is 0 Å². The molecule has 0 N–H and O–H groups in total. The van der Waals surface area contributed by atoms with Crippen LogP contribution in [0.1, 0.15) is 15.9 Å². The number of nitro groups is 1. The number of methoxy groups -OCH3 is 1. The van der Waals surface area contributed by atoms with Gasteiger partial charge in [0.05, 0.1) is 11.5 Å². The first kappa shape index (κ1) is 18.6. The zero-order valence-corrected chi connectivity index (χ0v) is 14.2. The Hall–Kier alpha value is -2.70. The molecule has 0 amide bonds. The van der Waals surface area contributed by atoms with E-state index in [1.807, 2.05) is 0 Å². The molecule has 130 valence electrons. The van der Waals surface area contributed by atoms with E-state index < -0.39 is 4.92 Å². The Bertz CT molecular complexity index is 787. The van der Waals surface area contributed by atoms with Gasteiger partial charge in [0.15, 0.2) is 5.78 Å². The zero-order valence-electron chi connectivity index (χ0n) is 13.5. The molecular formula is C18H16ClNO5. The molecule has 0 atom stereocenters. The number of halogens is 1. The van der Waals surface area contributed by atoms with Gasteiger partial charge in [-0.3, -0.25) is 14.9 Å². The molecule has 2 rings (SSSR count). The minimum atomic E-state index is -0.566. The Labute approximate surface area is 149 Å². The molecule has 0 saturated carbocycles. The largest absolute Gasteiger partial charge is 0.491 e. The predicted octanol–water partition coefficient (Wildman–Crippen LogP) is 4.17. The van der Waals surface area contributed by atoms with Crippen LogP contribution in [0.5, 0.6) is 5.75 Å². The fourth-order valence-electron chi connectivity index (χ4n) is 2.00. The van der Waals surface area contributed by atoms with E-state index in [1.54, 1.807) is 37.4 Å². The lowest BCUT2D eigenvalue weighted by atomic mass is 10.1. The minimum Gasteiger partial charge on any atom is -0.491 e. The lowest BCUT2D eigenvalue weighted by Crippen LogP contribution is -2.04. The Kier molecular flexibility index (Phi) is 6.68. The van der Waals surface area contributed by atoms with Gasteiger partial charge < -0.3 is 9.47 Å². The van der Waals surface area contributed by atoms with Crippen molar-refractivity contribution < 1.29 is 19.2 Å². The predicted molar refractivity (Wildman–Crippen MR) is 95.3 cm³/mol. The van der Waals surface area contributed by atoms with Crippen LogP contribution >= 0.6 is 11.6 Å². The highest BCUT2D eigenvalue weighted by Crippen LogP contribution is 2.25. The smallest absolute Gasteiger partial charge is 0.288 e. The molecule has 2 aromatic carbocycles. The van der Waals surface area contributed by atoms with Gasteiger partial charge in [-0.15, -0.1) is 0 Å². The van der Waals surface area contributed by atoms with Crippen LogP contribution in [0.25, 0.3) is 6.08 Å². The molecule has 6 nitrogen and oxygen atoms in total. The fraction of sp³-hybridized carbons (Fsp3) is 0.167. The molecule has 0 bridgehead atoms. The number of ether oxygens (including phenoxy) is 2. The number of benzene rings is 2. The Morgan fingerprint density at radius 2 is 1.92 bits per heavy atom. The summed E-state index contributed by atoms with van der Waals surface area (Å²) in [6.45, 7) is 0.912. The Morgan fingerprint density at radius 3 is 2.56 bits per heavy atom. The second-order valence-electron chi connectivity index (χ2n) is 5.03. The summed E-state index contributed by atoms with van der Waals surface area (Å²) in [5.74, 6) is 0.423. The van der Waals surface area contributed by atoms with E-state index in [0.717, 1.165) is 0 Å². The number of carbonyl (C=O) groups is 1. The van der Waals surface area contributed by atoms with E-state index in [4.69, 9.17) is 21.1 Å². The first-order valence-electron chi connectivity index (χ1n) is 7.39. The lowest BCUT2D eigenvalue weighted by Gasteiger charge is -2.05. The van der Waals surface area contributed by atoms with Crippen molar-refractivity contribution in [2.24, 2.45) is 0 Å². The monoisotopic (exact) mass is 361 g/mol. The van der Waals surface area contributed by atoms with Gasteiger partial charge in [0.2, 0.25) is 0 Å². The maximum absolute atomic E-state index is 12.2. The summed E-state index contributed by atoms with van der Waals surface area (Å²) in [6, 6.07) is 11.0. The van der Waals surface area contributed by atoms with Crippen LogP contribution in [-0.2, 0) is 4.74 Å².